The summed E-state index contributed by atoms with van der Waals surface area (Å²) >= 11 is 0. The Kier molecular flexibility index (Phi) is 2.16. The molecule has 0 aliphatic heterocycles. The number of nitrogens with two attached hydrogens (primary N) is 1. The number of nitrogens with one attached hydrogen (secondary N) is 1. The van der Waals surface area contributed by atoms with Gasteiger partial charge in [-0.25, -0.2) is 10.8 Å². The lowest BCUT2D eigenvalue weighted by Crippen LogP contribution is -2.27. The van der Waals surface area contributed by atoms with E-state index >= 15 is 0 Å². The molecule has 2 heterocycles. The fourth-order valence-corrected chi connectivity index (χ4v) is 1.56. The highest BCUT2D eigenvalue weighted by atomic mass is 16.1. The van der Waals surface area contributed by atoms with Crippen LogP contribution >= 0.6 is 0 Å². The van der Waals surface area contributed by atoms with Crippen molar-refractivity contribution in [2.75, 3.05) is 5.43 Å². The summed E-state index contributed by atoms with van der Waals surface area (Å²) in [6.45, 7) is 2.36. The van der Waals surface area contributed by atoms with Crippen molar-refractivity contribution in [2.45, 2.75) is 13.5 Å². The number of nitrogens with zero attached hydrogens (tertiary/aromatic N) is 4. The SMILES string of the molecule is CCn1c(NN)nc2cnn(C)c2c1=O. The van der Waals surface area contributed by atoms with E-state index in [9.17, 15) is 4.79 Å². The standard InChI is InChI=1S/C8H12N6O/c1-3-14-7(15)6-5(4-10-13(6)2)11-8(14)12-9/h4H,3,9H2,1-2H3,(H,11,12). The molecular formula is C8H12N6O. The number of hydrogen-bond donors (Lipinski definition) is 2. The normalized spacial score (nSPS) is 10.9. The molecule has 2 aromatic rings. The van der Waals surface area contributed by atoms with Gasteiger partial charge in [-0.15, -0.1) is 0 Å². The molecular weight excluding hydrogens is 196 g/mol. The maximum atomic E-state index is 12.0. The van der Waals surface area contributed by atoms with Crippen LogP contribution in [0.3, 0.4) is 0 Å². The Bertz CT molecular complexity index is 554. The fraction of sp³-hybridized carbons (Fsp3) is 0.375. The van der Waals surface area contributed by atoms with Crippen molar-refractivity contribution in [1.82, 2.24) is 19.3 Å². The lowest BCUT2D eigenvalue weighted by molar-refractivity contribution is 0.711. The van der Waals surface area contributed by atoms with E-state index in [1.165, 1.54) is 15.4 Å². The van der Waals surface area contributed by atoms with Crippen LogP contribution in [0.5, 0.6) is 0 Å². The van der Waals surface area contributed by atoms with E-state index in [0.717, 1.165) is 0 Å². The van der Waals surface area contributed by atoms with Crippen molar-refractivity contribution in [3.63, 3.8) is 0 Å². The Labute approximate surface area is 85.5 Å². The third-order valence-corrected chi connectivity index (χ3v) is 2.29. The van der Waals surface area contributed by atoms with Gasteiger partial charge in [0.1, 0.15) is 5.52 Å². The average molecular weight is 208 g/mol. The minimum Gasteiger partial charge on any atom is -0.294 e. The van der Waals surface area contributed by atoms with Crippen LogP contribution in [-0.4, -0.2) is 19.3 Å². The van der Waals surface area contributed by atoms with Gasteiger partial charge in [0.05, 0.1) is 6.20 Å². The molecule has 7 heteroatoms. The number of hydrazine groups is 1. The van der Waals surface area contributed by atoms with Crippen molar-refractivity contribution >= 4 is 17.0 Å². The molecule has 0 radical (unpaired) electrons. The number of aryl methyl sites for hydroxylation is 1. The second kappa shape index (κ2) is 3.35. The maximum Gasteiger partial charge on any atom is 0.281 e. The van der Waals surface area contributed by atoms with E-state index < -0.39 is 0 Å². The third kappa shape index (κ3) is 1.28. The van der Waals surface area contributed by atoms with Crippen molar-refractivity contribution in [3.05, 3.63) is 16.6 Å². The van der Waals surface area contributed by atoms with E-state index in [4.69, 9.17) is 5.84 Å². The highest BCUT2D eigenvalue weighted by molar-refractivity contribution is 5.74. The van der Waals surface area contributed by atoms with E-state index in [2.05, 4.69) is 15.5 Å². The van der Waals surface area contributed by atoms with Crippen molar-refractivity contribution < 1.29 is 0 Å². The first kappa shape index (κ1) is 9.66. The molecule has 80 valence electrons. The lowest BCUT2D eigenvalue weighted by atomic mass is 10.4. The molecule has 0 atom stereocenters. The molecule has 0 fully saturated rings. The summed E-state index contributed by atoms with van der Waals surface area (Å²) in [5.74, 6) is 5.64. The Balaban J connectivity index is 2.91. The van der Waals surface area contributed by atoms with E-state index in [1.807, 2.05) is 6.92 Å². The van der Waals surface area contributed by atoms with E-state index in [0.29, 0.717) is 23.5 Å². The van der Waals surface area contributed by atoms with Crippen molar-refractivity contribution in [2.24, 2.45) is 12.9 Å². The van der Waals surface area contributed by atoms with Gasteiger partial charge < -0.3 is 0 Å². The summed E-state index contributed by atoms with van der Waals surface area (Å²) < 4.78 is 2.97. The van der Waals surface area contributed by atoms with Crippen LogP contribution in [-0.2, 0) is 13.6 Å². The summed E-state index contributed by atoms with van der Waals surface area (Å²) in [4.78, 5) is 16.2. The highest BCUT2D eigenvalue weighted by Crippen LogP contribution is 2.08. The van der Waals surface area contributed by atoms with Crippen LogP contribution < -0.4 is 16.8 Å². The van der Waals surface area contributed by atoms with Gasteiger partial charge in [0.15, 0.2) is 5.52 Å². The number of aromatic nitrogens is 4. The first-order valence-corrected chi connectivity index (χ1v) is 4.58. The molecule has 7 nitrogen and oxygen atoms in total. The molecule has 0 aliphatic carbocycles. The second-order valence-corrected chi connectivity index (χ2v) is 3.13. The molecule has 0 saturated heterocycles. The smallest absolute Gasteiger partial charge is 0.281 e. The first-order valence-electron chi connectivity index (χ1n) is 4.58. The molecule has 0 aromatic carbocycles. The molecule has 0 amide bonds. The molecule has 0 spiro atoms. The van der Waals surface area contributed by atoms with Gasteiger partial charge in [-0.05, 0) is 6.92 Å². The van der Waals surface area contributed by atoms with Crippen LogP contribution in [0.25, 0.3) is 11.0 Å². The zero-order valence-corrected chi connectivity index (χ0v) is 8.56. The zero-order valence-electron chi connectivity index (χ0n) is 8.56. The van der Waals surface area contributed by atoms with Gasteiger partial charge in [0.2, 0.25) is 5.95 Å². The molecule has 15 heavy (non-hydrogen) atoms. The summed E-state index contributed by atoms with van der Waals surface area (Å²) in [5.41, 5.74) is 3.28. The van der Waals surface area contributed by atoms with Crippen molar-refractivity contribution in [3.8, 4) is 0 Å². The average Bonchev–Trinajstić information content (AvgIpc) is 2.60. The summed E-state index contributed by atoms with van der Waals surface area (Å²) in [6, 6.07) is 0. The first-order chi connectivity index (χ1) is 7.19. The molecule has 2 aromatic heterocycles. The van der Waals surface area contributed by atoms with Gasteiger partial charge in [0, 0.05) is 13.6 Å². The van der Waals surface area contributed by atoms with Crippen LogP contribution in [0.1, 0.15) is 6.92 Å². The van der Waals surface area contributed by atoms with Crippen LogP contribution in [0, 0.1) is 0 Å². The summed E-state index contributed by atoms with van der Waals surface area (Å²) in [7, 11) is 1.71. The topological polar surface area (TPSA) is 90.8 Å². The molecule has 3 N–H and O–H groups in total. The quantitative estimate of drug-likeness (QED) is 0.509. The number of fused-ring (bicyclic) bond motifs is 1. The van der Waals surface area contributed by atoms with Crippen LogP contribution in [0.2, 0.25) is 0 Å². The van der Waals surface area contributed by atoms with Crippen LogP contribution in [0.15, 0.2) is 11.0 Å². The Morgan fingerprint density at radius 3 is 2.93 bits per heavy atom. The van der Waals surface area contributed by atoms with Gasteiger partial charge in [-0.2, -0.15) is 5.10 Å². The Hall–Kier alpha value is -1.89. The van der Waals surface area contributed by atoms with Gasteiger partial charge >= 0.3 is 0 Å². The predicted octanol–water partition coefficient (Wildman–Crippen LogP) is -0.565. The molecule has 2 rings (SSSR count). The number of anilines is 1. The molecule has 0 aliphatic rings. The number of hydrogen-bond acceptors (Lipinski definition) is 5. The summed E-state index contributed by atoms with van der Waals surface area (Å²) in [6.07, 6.45) is 1.54. The van der Waals surface area contributed by atoms with Crippen LogP contribution in [0.4, 0.5) is 5.95 Å². The van der Waals surface area contributed by atoms with Crippen molar-refractivity contribution in [1.29, 1.82) is 0 Å². The van der Waals surface area contributed by atoms with Gasteiger partial charge in [-0.3, -0.25) is 19.5 Å². The second-order valence-electron chi connectivity index (χ2n) is 3.13. The van der Waals surface area contributed by atoms with E-state index in [-0.39, 0.29) is 5.56 Å². The molecule has 0 unspecified atom stereocenters. The van der Waals surface area contributed by atoms with Gasteiger partial charge in [0.25, 0.3) is 5.56 Å². The summed E-state index contributed by atoms with van der Waals surface area (Å²) in [5, 5.41) is 3.98. The minimum absolute atomic E-state index is 0.143. The Morgan fingerprint density at radius 2 is 2.33 bits per heavy atom. The maximum absolute atomic E-state index is 12.0. The number of nitrogen functional groups attached to an aromatic ring is 1. The predicted molar refractivity (Wildman–Crippen MR) is 56.3 cm³/mol. The molecule has 0 bridgehead atoms. The largest absolute Gasteiger partial charge is 0.294 e. The monoisotopic (exact) mass is 208 g/mol. The van der Waals surface area contributed by atoms with E-state index in [1.54, 1.807) is 7.05 Å². The Morgan fingerprint density at radius 1 is 1.60 bits per heavy atom. The highest BCUT2D eigenvalue weighted by Gasteiger charge is 2.11. The fourth-order valence-electron chi connectivity index (χ4n) is 1.56. The minimum atomic E-state index is -0.143. The number of rotatable bonds is 2. The third-order valence-electron chi connectivity index (χ3n) is 2.29. The lowest BCUT2D eigenvalue weighted by Gasteiger charge is -2.08. The zero-order chi connectivity index (χ0) is 11.0. The molecule has 0 saturated carbocycles. The van der Waals surface area contributed by atoms with Gasteiger partial charge in [-0.1, -0.05) is 0 Å².